The zero-order chi connectivity index (χ0) is 23.2. The summed E-state index contributed by atoms with van der Waals surface area (Å²) in [5.41, 5.74) is 2.57. The maximum absolute atomic E-state index is 12.5. The first-order valence-corrected chi connectivity index (χ1v) is 10.0. The van der Waals surface area contributed by atoms with Crippen LogP contribution >= 0.6 is 0 Å². The van der Waals surface area contributed by atoms with Crippen molar-refractivity contribution in [1.29, 1.82) is 0 Å². The molecule has 1 aliphatic heterocycles. The van der Waals surface area contributed by atoms with Crippen LogP contribution in [0.25, 0.3) is 22.6 Å². The molecule has 3 N–H and O–H groups in total. The first-order chi connectivity index (χ1) is 15.1. The second kappa shape index (κ2) is 7.81. The Labute approximate surface area is 183 Å². The third-order valence-electron chi connectivity index (χ3n) is 5.28. The standard InChI is InChI=1S/C22H24N4O6/c1-22(2,3)15-10-13(25-8-7-18(27)24-21(25)28)9-14(19(15)31-4)20-23-16-6-5-12(26(29)30)11-17(16)32-20/h5-6,9-11,29-30H,7-8H2,1-4H3,(H,24,27,28). The molecule has 1 fully saturated rings. The van der Waals surface area contributed by atoms with Gasteiger partial charge in [0.2, 0.25) is 11.8 Å². The molecule has 1 aromatic heterocycles. The van der Waals surface area contributed by atoms with Crippen LogP contribution in [0.1, 0.15) is 32.8 Å². The fraction of sp³-hybridized carbons (Fsp3) is 0.318. The highest BCUT2D eigenvalue weighted by Gasteiger charge is 2.30. The van der Waals surface area contributed by atoms with Gasteiger partial charge >= 0.3 is 6.03 Å². The fourth-order valence-corrected chi connectivity index (χ4v) is 3.67. The number of nitrogens with zero attached hydrogens (tertiary/aromatic N) is 3. The predicted molar refractivity (Wildman–Crippen MR) is 116 cm³/mol. The van der Waals surface area contributed by atoms with Gasteiger partial charge in [-0.2, -0.15) is 0 Å². The van der Waals surface area contributed by atoms with Crippen molar-refractivity contribution in [3.05, 3.63) is 35.9 Å². The number of carbonyl (C=O) groups is 2. The molecule has 0 unspecified atom stereocenters. The minimum atomic E-state index is -0.495. The predicted octanol–water partition coefficient (Wildman–Crippen LogP) is 3.83. The van der Waals surface area contributed by atoms with E-state index in [1.54, 1.807) is 19.2 Å². The number of nitrogens with one attached hydrogen (secondary N) is 1. The lowest BCUT2D eigenvalue weighted by Crippen LogP contribution is -2.49. The second-order valence-electron chi connectivity index (χ2n) is 8.54. The van der Waals surface area contributed by atoms with Gasteiger partial charge in [0.15, 0.2) is 5.58 Å². The number of ether oxygens (including phenoxy) is 1. The molecule has 168 valence electrons. The summed E-state index contributed by atoms with van der Waals surface area (Å²) in [7, 11) is 1.55. The average molecular weight is 440 g/mol. The van der Waals surface area contributed by atoms with Gasteiger partial charge in [0, 0.05) is 30.3 Å². The zero-order valence-electron chi connectivity index (χ0n) is 18.2. The normalized spacial score (nSPS) is 14.6. The van der Waals surface area contributed by atoms with Crippen molar-refractivity contribution in [2.75, 3.05) is 23.8 Å². The van der Waals surface area contributed by atoms with Crippen LogP contribution in [0, 0.1) is 0 Å². The lowest BCUT2D eigenvalue weighted by molar-refractivity contribution is -0.120. The van der Waals surface area contributed by atoms with Gasteiger partial charge in [0.1, 0.15) is 11.3 Å². The lowest BCUT2D eigenvalue weighted by atomic mass is 9.84. The highest BCUT2D eigenvalue weighted by atomic mass is 16.8. The number of urea groups is 1. The van der Waals surface area contributed by atoms with Gasteiger partial charge in [0.05, 0.1) is 18.4 Å². The van der Waals surface area contributed by atoms with Crippen LogP contribution < -0.4 is 20.2 Å². The Morgan fingerprint density at radius 3 is 2.56 bits per heavy atom. The van der Waals surface area contributed by atoms with Crippen molar-refractivity contribution in [3.63, 3.8) is 0 Å². The molecule has 10 heteroatoms. The Balaban J connectivity index is 1.91. The number of oxazole rings is 1. The SMILES string of the molecule is COc1c(-c2nc3ccc(N(O)O)cc3o2)cc(N2CCC(=O)NC2=O)cc1C(C)(C)C. The van der Waals surface area contributed by atoms with E-state index < -0.39 is 6.03 Å². The smallest absolute Gasteiger partial charge is 0.328 e. The van der Waals surface area contributed by atoms with E-state index in [-0.39, 0.29) is 41.1 Å². The van der Waals surface area contributed by atoms with Crippen molar-refractivity contribution < 1.29 is 29.2 Å². The first kappa shape index (κ1) is 21.6. The Bertz CT molecular complexity index is 1210. The molecule has 2 aromatic carbocycles. The molecule has 1 aliphatic rings. The van der Waals surface area contributed by atoms with Crippen LogP contribution in [0.15, 0.2) is 34.7 Å². The summed E-state index contributed by atoms with van der Waals surface area (Å²) in [5.74, 6) is 0.484. The molecule has 32 heavy (non-hydrogen) atoms. The third-order valence-corrected chi connectivity index (χ3v) is 5.28. The quantitative estimate of drug-likeness (QED) is 0.522. The highest BCUT2D eigenvalue weighted by Crippen LogP contribution is 2.43. The molecule has 4 rings (SSSR count). The lowest BCUT2D eigenvalue weighted by Gasteiger charge is -2.30. The molecule has 3 amide bonds. The van der Waals surface area contributed by atoms with E-state index >= 15 is 0 Å². The topological polar surface area (TPSA) is 128 Å². The summed E-state index contributed by atoms with van der Waals surface area (Å²) in [6.45, 7) is 6.31. The van der Waals surface area contributed by atoms with Crippen LogP contribution in [0.5, 0.6) is 5.75 Å². The van der Waals surface area contributed by atoms with Crippen molar-refractivity contribution in [1.82, 2.24) is 10.3 Å². The maximum atomic E-state index is 12.5. The number of rotatable bonds is 4. The van der Waals surface area contributed by atoms with E-state index in [1.165, 1.54) is 17.0 Å². The van der Waals surface area contributed by atoms with E-state index in [2.05, 4.69) is 10.3 Å². The molecule has 3 aromatic rings. The summed E-state index contributed by atoms with van der Waals surface area (Å²) in [6.07, 6.45) is 0.197. The van der Waals surface area contributed by atoms with Gasteiger partial charge in [-0.25, -0.2) is 9.78 Å². The minimum absolute atomic E-state index is 0.00317. The van der Waals surface area contributed by atoms with Gasteiger partial charge in [-0.15, -0.1) is 5.23 Å². The molecular weight excluding hydrogens is 416 g/mol. The van der Waals surface area contributed by atoms with Crippen molar-refractivity contribution in [2.24, 2.45) is 0 Å². The highest BCUT2D eigenvalue weighted by molar-refractivity contribution is 6.06. The summed E-state index contributed by atoms with van der Waals surface area (Å²) < 4.78 is 11.7. The van der Waals surface area contributed by atoms with Crippen molar-refractivity contribution >= 4 is 34.4 Å². The molecule has 0 aliphatic carbocycles. The van der Waals surface area contributed by atoms with Crippen LogP contribution in [0.4, 0.5) is 16.2 Å². The molecule has 1 saturated heterocycles. The monoisotopic (exact) mass is 440 g/mol. The molecule has 0 radical (unpaired) electrons. The molecule has 2 heterocycles. The third kappa shape index (κ3) is 3.85. The summed E-state index contributed by atoms with van der Waals surface area (Å²) in [6, 6.07) is 7.63. The molecule has 0 spiro atoms. The Hall–Kier alpha value is -3.63. The summed E-state index contributed by atoms with van der Waals surface area (Å²) >= 11 is 0. The minimum Gasteiger partial charge on any atom is -0.496 e. The van der Waals surface area contributed by atoms with E-state index in [4.69, 9.17) is 9.15 Å². The molecule has 0 bridgehead atoms. The van der Waals surface area contributed by atoms with Gasteiger partial charge in [-0.05, 0) is 29.7 Å². The van der Waals surface area contributed by atoms with Gasteiger partial charge in [-0.1, -0.05) is 20.8 Å². The Morgan fingerprint density at radius 2 is 1.94 bits per heavy atom. The first-order valence-electron chi connectivity index (χ1n) is 10.0. The fourth-order valence-electron chi connectivity index (χ4n) is 3.67. The number of imide groups is 1. The van der Waals surface area contributed by atoms with Crippen LogP contribution in [0.2, 0.25) is 0 Å². The number of amides is 3. The number of carbonyl (C=O) groups excluding carboxylic acids is 2. The molecular formula is C22H24N4O6. The number of benzene rings is 2. The van der Waals surface area contributed by atoms with Gasteiger partial charge in [0.25, 0.3) is 0 Å². The molecule has 0 atom stereocenters. The summed E-state index contributed by atoms with van der Waals surface area (Å²) in [4.78, 5) is 30.1. The maximum Gasteiger partial charge on any atom is 0.328 e. The Morgan fingerprint density at radius 1 is 1.19 bits per heavy atom. The number of fused-ring (bicyclic) bond motifs is 1. The van der Waals surface area contributed by atoms with Crippen LogP contribution in [-0.2, 0) is 10.2 Å². The number of anilines is 2. The summed E-state index contributed by atoms with van der Waals surface area (Å²) in [5, 5.41) is 20.9. The number of aromatic nitrogens is 1. The second-order valence-corrected chi connectivity index (χ2v) is 8.54. The number of hydrogen-bond acceptors (Lipinski definition) is 8. The van der Waals surface area contributed by atoms with E-state index in [0.717, 1.165) is 5.56 Å². The van der Waals surface area contributed by atoms with E-state index in [9.17, 15) is 20.0 Å². The number of hydrogen-bond donors (Lipinski definition) is 3. The largest absolute Gasteiger partial charge is 0.496 e. The van der Waals surface area contributed by atoms with E-state index in [0.29, 0.717) is 28.1 Å². The van der Waals surface area contributed by atoms with Crippen molar-refractivity contribution in [3.8, 4) is 17.2 Å². The van der Waals surface area contributed by atoms with Crippen LogP contribution in [0.3, 0.4) is 0 Å². The van der Waals surface area contributed by atoms with Gasteiger partial charge in [-0.3, -0.25) is 25.4 Å². The number of methoxy groups -OCH3 is 1. The molecule has 0 saturated carbocycles. The molecule has 10 nitrogen and oxygen atoms in total. The van der Waals surface area contributed by atoms with Gasteiger partial charge < -0.3 is 9.15 Å². The average Bonchev–Trinajstić information content (AvgIpc) is 3.15. The van der Waals surface area contributed by atoms with Crippen molar-refractivity contribution in [2.45, 2.75) is 32.6 Å². The van der Waals surface area contributed by atoms with Crippen LogP contribution in [-0.4, -0.2) is 41.0 Å². The Kier molecular flexibility index (Phi) is 5.27. The van der Waals surface area contributed by atoms with E-state index in [1.807, 2.05) is 26.8 Å². The zero-order valence-corrected chi connectivity index (χ0v) is 18.2.